The molecule has 2 aliphatic rings. The molecule has 2 rings (SSSR count). The van der Waals surface area contributed by atoms with E-state index < -0.39 is 15.6 Å². The van der Waals surface area contributed by atoms with Gasteiger partial charge in [0.15, 0.2) is 0 Å². The number of carbonyl (C=O) groups is 1. The molecule has 0 aromatic heterocycles. The van der Waals surface area contributed by atoms with Gasteiger partial charge in [-0.05, 0) is 6.42 Å². The fourth-order valence-corrected chi connectivity index (χ4v) is 4.35. The van der Waals surface area contributed by atoms with E-state index in [9.17, 15) is 13.2 Å². The summed E-state index contributed by atoms with van der Waals surface area (Å²) in [5.41, 5.74) is -0.749. The summed E-state index contributed by atoms with van der Waals surface area (Å²) >= 11 is 0. The van der Waals surface area contributed by atoms with Gasteiger partial charge in [-0.15, -0.1) is 0 Å². The van der Waals surface area contributed by atoms with Gasteiger partial charge in [0.05, 0.1) is 32.1 Å². The Bertz CT molecular complexity index is 481. The Morgan fingerprint density at radius 2 is 2.00 bits per heavy atom. The zero-order valence-corrected chi connectivity index (χ0v) is 13.5. The van der Waals surface area contributed by atoms with Crippen LogP contribution < -0.4 is 0 Å². The molecule has 1 amide bonds. The number of hydrogen-bond donors (Lipinski definition) is 0. The predicted molar refractivity (Wildman–Crippen MR) is 77.4 cm³/mol. The number of carbonyl (C=O) groups excluding carboxylic acids is 1. The largest absolute Gasteiger partial charge is 0.376 e. The van der Waals surface area contributed by atoms with Crippen molar-refractivity contribution in [2.45, 2.75) is 25.9 Å². The molecule has 2 aliphatic heterocycles. The Kier molecular flexibility index (Phi) is 5.24. The molecule has 1 unspecified atom stereocenters. The van der Waals surface area contributed by atoms with Gasteiger partial charge in [0, 0.05) is 26.6 Å². The third-order valence-corrected chi connectivity index (χ3v) is 5.89. The summed E-state index contributed by atoms with van der Waals surface area (Å²) in [5, 5.41) is 0. The molecule has 1 atom stereocenters. The van der Waals surface area contributed by atoms with Crippen LogP contribution in [-0.2, 0) is 24.3 Å². The summed E-state index contributed by atoms with van der Waals surface area (Å²) in [6.45, 7) is 5.96. The molecule has 0 radical (unpaired) electrons. The lowest BCUT2D eigenvalue weighted by atomic mass is 10.0. The highest BCUT2D eigenvalue weighted by Crippen LogP contribution is 2.24. The molecule has 21 heavy (non-hydrogen) atoms. The number of morpholine rings is 1. The predicted octanol–water partition coefficient (Wildman–Crippen LogP) is -0.324. The van der Waals surface area contributed by atoms with Gasteiger partial charge < -0.3 is 14.4 Å². The Labute approximate surface area is 126 Å². The molecule has 0 aliphatic carbocycles. The summed E-state index contributed by atoms with van der Waals surface area (Å²) in [4.78, 5) is 13.3. The van der Waals surface area contributed by atoms with Crippen LogP contribution in [0, 0.1) is 0 Å². The van der Waals surface area contributed by atoms with Gasteiger partial charge >= 0.3 is 0 Å². The lowest BCUT2D eigenvalue weighted by Crippen LogP contribution is -2.60. The molecular formula is C13H24N2O5S. The van der Waals surface area contributed by atoms with E-state index in [-0.39, 0.29) is 18.2 Å². The van der Waals surface area contributed by atoms with Crippen LogP contribution in [0.3, 0.4) is 0 Å². The molecule has 1 spiro atoms. The molecule has 7 nitrogen and oxygen atoms in total. The first-order chi connectivity index (χ1) is 9.88. The molecule has 0 N–H and O–H groups in total. The Morgan fingerprint density at radius 1 is 1.24 bits per heavy atom. The topological polar surface area (TPSA) is 76.2 Å². The number of ether oxygens (including phenoxy) is 2. The van der Waals surface area contributed by atoms with E-state index in [4.69, 9.17) is 9.47 Å². The van der Waals surface area contributed by atoms with E-state index in [1.54, 1.807) is 4.90 Å². The average Bonchev–Trinajstić information content (AvgIpc) is 2.62. The van der Waals surface area contributed by atoms with Crippen molar-refractivity contribution in [2.75, 3.05) is 51.8 Å². The van der Waals surface area contributed by atoms with Crippen molar-refractivity contribution in [1.82, 2.24) is 9.21 Å². The molecule has 0 bridgehead atoms. The number of sulfonamides is 1. The molecule has 2 fully saturated rings. The first-order valence-corrected chi connectivity index (χ1v) is 8.94. The number of rotatable bonds is 3. The molecule has 0 saturated carbocycles. The second kappa shape index (κ2) is 6.60. The molecule has 122 valence electrons. The van der Waals surface area contributed by atoms with Crippen molar-refractivity contribution in [3.05, 3.63) is 0 Å². The van der Waals surface area contributed by atoms with Crippen LogP contribution in [0.2, 0.25) is 0 Å². The van der Waals surface area contributed by atoms with Crippen LogP contribution in [0.15, 0.2) is 0 Å². The van der Waals surface area contributed by atoms with Crippen LogP contribution >= 0.6 is 0 Å². The average molecular weight is 320 g/mol. The van der Waals surface area contributed by atoms with Crippen LogP contribution in [0.25, 0.3) is 0 Å². The van der Waals surface area contributed by atoms with Crippen LogP contribution in [0.5, 0.6) is 0 Å². The maximum atomic E-state index is 12.3. The van der Waals surface area contributed by atoms with Gasteiger partial charge in [0.2, 0.25) is 15.9 Å². The zero-order chi connectivity index (χ0) is 15.5. The SMILES string of the molecule is CCCS(=O)(=O)N1CCOC2(COCCN(C(C)=O)C2)C1. The normalized spacial score (nSPS) is 28.6. The number of nitrogens with zero attached hydrogens (tertiary/aromatic N) is 2. The van der Waals surface area contributed by atoms with E-state index in [1.165, 1.54) is 11.2 Å². The Hall–Kier alpha value is -0.700. The monoisotopic (exact) mass is 320 g/mol. The van der Waals surface area contributed by atoms with Crippen molar-refractivity contribution in [1.29, 1.82) is 0 Å². The lowest BCUT2D eigenvalue weighted by Gasteiger charge is -2.42. The molecule has 2 heterocycles. The van der Waals surface area contributed by atoms with Crippen molar-refractivity contribution < 1.29 is 22.7 Å². The highest BCUT2D eigenvalue weighted by molar-refractivity contribution is 7.89. The second-order valence-corrected chi connectivity index (χ2v) is 7.76. The van der Waals surface area contributed by atoms with Gasteiger partial charge in [-0.25, -0.2) is 8.42 Å². The standard InChI is InChI=1S/C13H24N2O5S/c1-3-8-21(17,18)15-5-7-20-13(10-15)9-14(12(2)16)4-6-19-11-13/h3-11H2,1-2H3. The van der Waals surface area contributed by atoms with E-state index in [1.807, 2.05) is 6.92 Å². The van der Waals surface area contributed by atoms with Crippen molar-refractivity contribution in [3.8, 4) is 0 Å². The summed E-state index contributed by atoms with van der Waals surface area (Å²) in [5.74, 6) is 0.0948. The minimum Gasteiger partial charge on any atom is -0.376 e. The van der Waals surface area contributed by atoms with Gasteiger partial charge in [-0.1, -0.05) is 6.92 Å². The number of amides is 1. The third kappa shape index (κ3) is 3.94. The van der Waals surface area contributed by atoms with Gasteiger partial charge in [0.1, 0.15) is 5.60 Å². The van der Waals surface area contributed by atoms with Gasteiger partial charge in [0.25, 0.3) is 0 Å². The minimum absolute atomic E-state index is 0.0444. The second-order valence-electron chi connectivity index (χ2n) is 5.67. The van der Waals surface area contributed by atoms with Crippen molar-refractivity contribution in [2.24, 2.45) is 0 Å². The lowest BCUT2D eigenvalue weighted by molar-refractivity contribution is -0.142. The highest BCUT2D eigenvalue weighted by atomic mass is 32.2. The maximum absolute atomic E-state index is 12.3. The first kappa shape index (κ1) is 16.7. The Morgan fingerprint density at radius 3 is 2.67 bits per heavy atom. The smallest absolute Gasteiger partial charge is 0.219 e. The quantitative estimate of drug-likeness (QED) is 0.712. The first-order valence-electron chi connectivity index (χ1n) is 7.34. The maximum Gasteiger partial charge on any atom is 0.219 e. The fourth-order valence-electron chi connectivity index (χ4n) is 2.79. The summed E-state index contributed by atoms with van der Waals surface area (Å²) in [6.07, 6.45) is 0.586. The van der Waals surface area contributed by atoms with E-state index in [0.29, 0.717) is 45.9 Å². The molecular weight excluding hydrogens is 296 g/mol. The summed E-state index contributed by atoms with van der Waals surface area (Å²) in [6, 6.07) is 0. The zero-order valence-electron chi connectivity index (χ0n) is 12.7. The highest BCUT2D eigenvalue weighted by Gasteiger charge is 2.43. The molecule has 0 aromatic carbocycles. The molecule has 0 aromatic rings. The third-order valence-electron chi connectivity index (χ3n) is 3.86. The van der Waals surface area contributed by atoms with Gasteiger partial charge in [-0.2, -0.15) is 4.31 Å². The fraction of sp³-hybridized carbons (Fsp3) is 0.923. The van der Waals surface area contributed by atoms with Crippen LogP contribution in [0.1, 0.15) is 20.3 Å². The Balaban J connectivity index is 2.15. The van der Waals surface area contributed by atoms with E-state index >= 15 is 0 Å². The van der Waals surface area contributed by atoms with Crippen LogP contribution in [0.4, 0.5) is 0 Å². The van der Waals surface area contributed by atoms with Crippen molar-refractivity contribution >= 4 is 15.9 Å². The van der Waals surface area contributed by atoms with Crippen molar-refractivity contribution in [3.63, 3.8) is 0 Å². The van der Waals surface area contributed by atoms with Crippen LogP contribution in [-0.4, -0.2) is 80.9 Å². The molecule has 8 heteroatoms. The summed E-state index contributed by atoms with van der Waals surface area (Å²) < 4.78 is 37.4. The van der Waals surface area contributed by atoms with Gasteiger partial charge in [-0.3, -0.25) is 4.79 Å². The number of hydrogen-bond acceptors (Lipinski definition) is 5. The summed E-state index contributed by atoms with van der Waals surface area (Å²) in [7, 11) is -3.26. The minimum atomic E-state index is -3.26. The molecule has 2 saturated heterocycles. The van der Waals surface area contributed by atoms with E-state index in [0.717, 1.165) is 0 Å². The van der Waals surface area contributed by atoms with E-state index in [2.05, 4.69) is 0 Å².